The number of aryl methyl sites for hydroxylation is 2. The Labute approximate surface area is 193 Å². The number of aromatic nitrogens is 4. The summed E-state index contributed by atoms with van der Waals surface area (Å²) in [5.74, 6) is 1.82. The monoisotopic (exact) mass is 436 g/mol. The molecule has 2 aromatic carbocycles. The number of fused-ring (bicyclic) bond motifs is 1. The molecule has 3 heterocycles. The van der Waals surface area contributed by atoms with Crippen molar-refractivity contribution in [3.05, 3.63) is 70.9 Å². The van der Waals surface area contributed by atoms with Gasteiger partial charge in [0.1, 0.15) is 5.82 Å². The topological polar surface area (TPSA) is 83.7 Å². The van der Waals surface area contributed by atoms with Crippen molar-refractivity contribution in [3.63, 3.8) is 0 Å². The molecule has 2 aromatic heterocycles. The first-order valence-corrected chi connectivity index (χ1v) is 11.7. The molecule has 6 heteroatoms. The molecule has 2 aliphatic rings. The van der Waals surface area contributed by atoms with E-state index in [0.717, 1.165) is 41.7 Å². The van der Waals surface area contributed by atoms with Gasteiger partial charge in [-0.05, 0) is 61.9 Å². The third kappa shape index (κ3) is 3.65. The fraction of sp³-hybridized carbons (Fsp3) is 0.296. The van der Waals surface area contributed by atoms with Crippen LogP contribution in [0.4, 0.5) is 11.8 Å². The first-order valence-electron chi connectivity index (χ1n) is 11.7. The molecule has 6 rings (SSSR count). The van der Waals surface area contributed by atoms with Crippen molar-refractivity contribution in [1.82, 2.24) is 20.2 Å². The van der Waals surface area contributed by atoms with E-state index in [4.69, 9.17) is 15.7 Å². The maximum Gasteiger partial charge on any atom is 0.228 e. The summed E-state index contributed by atoms with van der Waals surface area (Å²) in [5, 5.41) is 8.61. The Kier molecular flexibility index (Phi) is 4.68. The van der Waals surface area contributed by atoms with E-state index in [1.165, 1.54) is 40.8 Å². The van der Waals surface area contributed by atoms with E-state index in [-0.39, 0.29) is 0 Å². The zero-order valence-corrected chi connectivity index (χ0v) is 19.1. The number of H-pyrrole nitrogens is 1. The summed E-state index contributed by atoms with van der Waals surface area (Å²) in [6.45, 7) is 5.97. The quantitative estimate of drug-likeness (QED) is 0.448. The lowest BCUT2D eigenvalue weighted by Gasteiger charge is -2.27. The van der Waals surface area contributed by atoms with Crippen LogP contribution in [0.25, 0.3) is 27.7 Å². The van der Waals surface area contributed by atoms with Gasteiger partial charge in [0.05, 0.1) is 16.6 Å². The van der Waals surface area contributed by atoms with Gasteiger partial charge in [0.2, 0.25) is 5.95 Å². The van der Waals surface area contributed by atoms with Crippen molar-refractivity contribution in [1.29, 1.82) is 0 Å². The van der Waals surface area contributed by atoms with Gasteiger partial charge >= 0.3 is 0 Å². The lowest BCUT2D eigenvalue weighted by Crippen LogP contribution is -2.30. The molecule has 0 saturated heterocycles. The Bertz CT molecular complexity index is 1400. The molecule has 0 radical (unpaired) electrons. The van der Waals surface area contributed by atoms with Gasteiger partial charge in [-0.25, -0.2) is 4.98 Å². The molecule has 4 aromatic rings. The molecule has 1 saturated carbocycles. The van der Waals surface area contributed by atoms with Crippen molar-refractivity contribution in [2.75, 3.05) is 23.7 Å². The summed E-state index contributed by atoms with van der Waals surface area (Å²) < 4.78 is 0. The molecule has 1 aliphatic heterocycles. The number of hydrogen-bond acceptors (Lipinski definition) is 5. The van der Waals surface area contributed by atoms with Crippen LogP contribution in [0.15, 0.2) is 48.5 Å². The Morgan fingerprint density at radius 2 is 1.91 bits per heavy atom. The third-order valence-corrected chi connectivity index (χ3v) is 6.85. The molecule has 6 nitrogen and oxygen atoms in total. The standard InChI is InChI=1S/C27H28N6/c1-16-6-9-20(17(2)14-16)18-10-12-33(13-11-18)27-29-22-5-3-4-21(25(22)26(28)30-27)24-15-23(31-32-24)19-7-8-19/h3-6,9-10,14-15,19H,7-8,11-13H2,1-2H3,(H,31,32)(H2,28,29,30). The zero-order valence-electron chi connectivity index (χ0n) is 19.1. The molecule has 1 fully saturated rings. The molecule has 0 spiro atoms. The maximum atomic E-state index is 6.50. The summed E-state index contributed by atoms with van der Waals surface area (Å²) >= 11 is 0. The van der Waals surface area contributed by atoms with Crippen molar-refractivity contribution < 1.29 is 0 Å². The molecule has 0 unspecified atom stereocenters. The minimum Gasteiger partial charge on any atom is -0.383 e. The highest BCUT2D eigenvalue weighted by Crippen LogP contribution is 2.41. The van der Waals surface area contributed by atoms with Crippen molar-refractivity contribution in [2.45, 2.75) is 39.0 Å². The van der Waals surface area contributed by atoms with Crippen LogP contribution < -0.4 is 10.6 Å². The van der Waals surface area contributed by atoms with Gasteiger partial charge in [-0.3, -0.25) is 5.10 Å². The van der Waals surface area contributed by atoms with Crippen LogP contribution in [0.3, 0.4) is 0 Å². The van der Waals surface area contributed by atoms with Gasteiger partial charge in [-0.15, -0.1) is 0 Å². The number of aromatic amines is 1. The van der Waals surface area contributed by atoms with Crippen LogP contribution in [0, 0.1) is 13.8 Å². The molecule has 33 heavy (non-hydrogen) atoms. The Balaban J connectivity index is 1.31. The van der Waals surface area contributed by atoms with E-state index in [1.54, 1.807) is 0 Å². The zero-order chi connectivity index (χ0) is 22.5. The number of benzene rings is 2. The lowest BCUT2D eigenvalue weighted by atomic mass is 9.94. The van der Waals surface area contributed by atoms with Crippen LogP contribution in [0.1, 0.15) is 47.6 Å². The van der Waals surface area contributed by atoms with Crippen LogP contribution in [0.2, 0.25) is 0 Å². The largest absolute Gasteiger partial charge is 0.383 e. The molecule has 0 atom stereocenters. The smallest absolute Gasteiger partial charge is 0.228 e. The second kappa shape index (κ2) is 7.73. The average molecular weight is 437 g/mol. The first-order chi connectivity index (χ1) is 16.1. The second-order valence-corrected chi connectivity index (χ2v) is 9.34. The van der Waals surface area contributed by atoms with Crippen molar-refractivity contribution in [3.8, 4) is 11.3 Å². The van der Waals surface area contributed by atoms with Gasteiger partial charge < -0.3 is 10.6 Å². The second-order valence-electron chi connectivity index (χ2n) is 9.34. The van der Waals surface area contributed by atoms with Crippen LogP contribution in [-0.4, -0.2) is 33.3 Å². The number of hydrogen-bond donors (Lipinski definition) is 2. The average Bonchev–Trinajstić information content (AvgIpc) is 3.55. The summed E-state index contributed by atoms with van der Waals surface area (Å²) in [6.07, 6.45) is 5.73. The number of nitrogen functional groups attached to an aromatic ring is 1. The highest BCUT2D eigenvalue weighted by Gasteiger charge is 2.26. The molecular formula is C27H28N6. The summed E-state index contributed by atoms with van der Waals surface area (Å²) in [6, 6.07) is 14.9. The van der Waals surface area contributed by atoms with E-state index in [9.17, 15) is 0 Å². The normalized spacial score (nSPS) is 16.3. The van der Waals surface area contributed by atoms with Crippen molar-refractivity contribution >= 4 is 28.2 Å². The minimum absolute atomic E-state index is 0.505. The number of nitrogens with zero attached hydrogens (tertiary/aromatic N) is 4. The van der Waals surface area contributed by atoms with E-state index < -0.39 is 0 Å². The third-order valence-electron chi connectivity index (χ3n) is 6.85. The van der Waals surface area contributed by atoms with Gasteiger partial charge in [0.15, 0.2) is 0 Å². The predicted molar refractivity (Wildman–Crippen MR) is 134 cm³/mol. The SMILES string of the molecule is Cc1ccc(C2=CCN(c3nc(N)c4c(-c5cc(C6CC6)[nH]n5)cccc4n3)CC2)c(C)c1. The van der Waals surface area contributed by atoms with Gasteiger partial charge in [0.25, 0.3) is 0 Å². The molecule has 0 amide bonds. The number of nitrogens with two attached hydrogens (primary N) is 1. The molecule has 0 bridgehead atoms. The van der Waals surface area contributed by atoms with E-state index >= 15 is 0 Å². The Hall–Kier alpha value is -3.67. The predicted octanol–water partition coefficient (Wildman–Crippen LogP) is 5.39. The lowest BCUT2D eigenvalue weighted by molar-refractivity contribution is 0.801. The van der Waals surface area contributed by atoms with Crippen molar-refractivity contribution in [2.24, 2.45) is 0 Å². The molecule has 1 aliphatic carbocycles. The highest BCUT2D eigenvalue weighted by molar-refractivity contribution is 6.01. The number of anilines is 2. The van der Waals surface area contributed by atoms with E-state index in [1.807, 2.05) is 18.2 Å². The van der Waals surface area contributed by atoms with E-state index in [0.29, 0.717) is 17.7 Å². The van der Waals surface area contributed by atoms with E-state index in [2.05, 4.69) is 59.3 Å². The minimum atomic E-state index is 0.505. The van der Waals surface area contributed by atoms with Crippen LogP contribution in [-0.2, 0) is 0 Å². The first kappa shape index (κ1) is 20.0. The van der Waals surface area contributed by atoms with Gasteiger partial charge in [0, 0.05) is 30.3 Å². The molecule has 3 N–H and O–H groups in total. The van der Waals surface area contributed by atoms with Gasteiger partial charge in [-0.2, -0.15) is 10.1 Å². The fourth-order valence-electron chi connectivity index (χ4n) is 4.90. The highest BCUT2D eigenvalue weighted by atomic mass is 15.3. The maximum absolute atomic E-state index is 6.50. The summed E-state index contributed by atoms with van der Waals surface area (Å²) in [7, 11) is 0. The summed E-state index contributed by atoms with van der Waals surface area (Å²) in [4.78, 5) is 11.8. The summed E-state index contributed by atoms with van der Waals surface area (Å²) in [5.41, 5.74) is 15.8. The van der Waals surface area contributed by atoms with Crippen LogP contribution >= 0.6 is 0 Å². The fourth-order valence-corrected chi connectivity index (χ4v) is 4.90. The van der Waals surface area contributed by atoms with Gasteiger partial charge in [-0.1, -0.05) is 42.0 Å². The number of rotatable bonds is 4. The number of nitrogens with one attached hydrogen (secondary N) is 1. The molecular weight excluding hydrogens is 408 g/mol. The van der Waals surface area contributed by atoms with Crippen LogP contribution in [0.5, 0.6) is 0 Å². The Morgan fingerprint density at radius 1 is 1.03 bits per heavy atom. The molecule has 166 valence electrons. The Morgan fingerprint density at radius 3 is 2.67 bits per heavy atom.